The largest absolute Gasteiger partial charge is 0.457 e. The molecule has 0 saturated carbocycles. The molecule has 0 radical (unpaired) electrons. The summed E-state index contributed by atoms with van der Waals surface area (Å²) in [5, 5.41) is 11.1. The van der Waals surface area contributed by atoms with Crippen molar-refractivity contribution in [1.82, 2.24) is 14.0 Å². The molecule has 0 spiro atoms. The number of hydrogen-bond acceptors (Lipinski definition) is 7. The first kappa shape index (κ1) is 26.2. The van der Waals surface area contributed by atoms with Gasteiger partial charge in [0.25, 0.3) is 15.9 Å². The van der Waals surface area contributed by atoms with Crippen molar-refractivity contribution in [2.75, 3.05) is 6.26 Å². The average molecular weight is 570 g/mol. The number of benzene rings is 2. The molecule has 34 heavy (non-hydrogen) atoms. The number of halogens is 1. The molecule has 182 valence electrons. The number of hydroxylamine groups is 1. The summed E-state index contributed by atoms with van der Waals surface area (Å²) in [5.74, 6) is -0.0719. The van der Waals surface area contributed by atoms with E-state index in [2.05, 4.69) is 20.9 Å². The van der Waals surface area contributed by atoms with Crippen molar-refractivity contribution in [2.24, 2.45) is 12.8 Å². The van der Waals surface area contributed by atoms with Crippen LogP contribution in [-0.2, 0) is 27.3 Å². The molecule has 0 saturated heterocycles. The third-order valence-electron chi connectivity index (χ3n) is 5.49. The number of sulfonamides is 1. The number of imidazole rings is 1. The van der Waals surface area contributed by atoms with Gasteiger partial charge in [0.15, 0.2) is 4.87 Å². The summed E-state index contributed by atoms with van der Waals surface area (Å²) in [6.45, 7) is 3.20. The Hall–Kier alpha value is -2.38. The normalized spacial score (nSPS) is 14.1. The van der Waals surface area contributed by atoms with Crippen molar-refractivity contribution in [3.63, 3.8) is 0 Å². The van der Waals surface area contributed by atoms with E-state index >= 15 is 0 Å². The lowest BCUT2D eigenvalue weighted by Gasteiger charge is -2.45. The van der Waals surface area contributed by atoms with Crippen LogP contribution < -0.4 is 10.5 Å². The lowest BCUT2D eigenvalue weighted by atomic mass is 9.80. The van der Waals surface area contributed by atoms with Crippen molar-refractivity contribution in [1.29, 1.82) is 0 Å². The number of aromatic nitrogens is 2. The zero-order valence-corrected chi connectivity index (χ0v) is 22.2. The fourth-order valence-corrected chi connectivity index (χ4v) is 6.66. The van der Waals surface area contributed by atoms with Crippen molar-refractivity contribution < 1.29 is 23.2 Å². The molecule has 2 aromatic carbocycles. The van der Waals surface area contributed by atoms with E-state index in [0.717, 1.165) is 16.2 Å². The smallest absolute Gasteiger partial charge is 0.266 e. The van der Waals surface area contributed by atoms with Crippen LogP contribution in [0.4, 0.5) is 0 Å². The molecular formula is C22H25BrN4O5S2. The highest BCUT2D eigenvalue weighted by Crippen LogP contribution is 2.46. The van der Waals surface area contributed by atoms with Gasteiger partial charge < -0.3 is 15.0 Å². The Balaban J connectivity index is 1.98. The highest BCUT2D eigenvalue weighted by Gasteiger charge is 2.60. The number of ether oxygens (including phenoxy) is 1. The van der Waals surface area contributed by atoms with Gasteiger partial charge in [0.2, 0.25) is 0 Å². The molecular weight excluding hydrogens is 544 g/mol. The Kier molecular flexibility index (Phi) is 7.48. The van der Waals surface area contributed by atoms with Crippen molar-refractivity contribution in [2.45, 2.75) is 29.0 Å². The molecule has 12 heteroatoms. The monoisotopic (exact) mass is 568 g/mol. The summed E-state index contributed by atoms with van der Waals surface area (Å²) < 4.78 is 35.2. The van der Waals surface area contributed by atoms with E-state index in [0.29, 0.717) is 17.2 Å². The Labute approximate surface area is 211 Å². The van der Waals surface area contributed by atoms with E-state index < -0.39 is 26.2 Å². The lowest BCUT2D eigenvalue weighted by Crippen LogP contribution is -2.65. The van der Waals surface area contributed by atoms with E-state index in [1.165, 1.54) is 36.8 Å². The second-order valence-corrected chi connectivity index (χ2v) is 11.7. The van der Waals surface area contributed by atoms with Gasteiger partial charge in [-0.15, -0.1) is 11.8 Å². The van der Waals surface area contributed by atoms with Gasteiger partial charge in [0.1, 0.15) is 11.5 Å². The summed E-state index contributed by atoms with van der Waals surface area (Å²) in [6, 6.07) is 12.6. The number of rotatable bonds is 9. The standard InChI is InChI=1S/C22H25BrN4O5S2/c1-21(2,19-13-26(3)14-25-19)22(33-4,20(24)28)27(29)34(30,31)18-11-9-17(10-12-18)32-16-7-5-15(23)6-8-16/h5-14,29H,1-4H3,(H2,24,28)/t22-/m1/s1. The topological polar surface area (TPSA) is 128 Å². The molecule has 1 atom stereocenters. The maximum atomic E-state index is 13.4. The Bertz CT molecular complexity index is 1280. The molecule has 1 amide bonds. The predicted octanol–water partition coefficient (Wildman–Crippen LogP) is 3.88. The molecule has 0 aliphatic rings. The minimum atomic E-state index is -4.56. The molecule has 1 aromatic heterocycles. The minimum absolute atomic E-state index is 0.0479. The quantitative estimate of drug-likeness (QED) is 0.296. The molecule has 0 bridgehead atoms. The fraction of sp³-hybridized carbons (Fsp3) is 0.273. The van der Waals surface area contributed by atoms with Crippen molar-refractivity contribution in [3.8, 4) is 11.5 Å². The van der Waals surface area contributed by atoms with Gasteiger partial charge in [-0.3, -0.25) is 10.0 Å². The third kappa shape index (κ3) is 4.60. The lowest BCUT2D eigenvalue weighted by molar-refractivity contribution is -0.141. The van der Waals surface area contributed by atoms with E-state index in [4.69, 9.17) is 10.5 Å². The number of primary amides is 1. The number of aryl methyl sites for hydroxylation is 1. The van der Waals surface area contributed by atoms with Gasteiger partial charge in [-0.2, -0.15) is 0 Å². The van der Waals surface area contributed by atoms with Crippen molar-refractivity contribution in [3.05, 3.63) is 71.2 Å². The predicted molar refractivity (Wildman–Crippen MR) is 133 cm³/mol. The number of carbonyl (C=O) groups is 1. The van der Waals surface area contributed by atoms with E-state index in [1.807, 2.05) is 12.1 Å². The van der Waals surface area contributed by atoms with E-state index in [9.17, 15) is 18.4 Å². The molecule has 9 nitrogen and oxygen atoms in total. The first-order valence-corrected chi connectivity index (χ1v) is 13.4. The third-order valence-corrected chi connectivity index (χ3v) is 9.21. The second-order valence-electron chi connectivity index (χ2n) is 8.04. The van der Waals surface area contributed by atoms with Crippen LogP contribution >= 0.6 is 27.7 Å². The first-order valence-electron chi connectivity index (χ1n) is 9.97. The SMILES string of the molecule is CS[C@@](C(N)=O)(N(O)S(=O)(=O)c1ccc(Oc2ccc(Br)cc2)cc1)C(C)(C)c1cn(C)cn1. The van der Waals surface area contributed by atoms with Crippen LogP contribution in [0, 0.1) is 0 Å². The number of nitrogens with zero attached hydrogens (tertiary/aromatic N) is 3. The number of nitrogens with two attached hydrogens (primary N) is 1. The summed E-state index contributed by atoms with van der Waals surface area (Å²) in [6.07, 6.45) is 4.66. The molecule has 0 aliphatic heterocycles. The minimum Gasteiger partial charge on any atom is -0.457 e. The maximum absolute atomic E-state index is 13.4. The average Bonchev–Trinajstić information content (AvgIpc) is 3.23. The molecule has 3 aromatic rings. The number of hydrogen-bond donors (Lipinski definition) is 2. The van der Waals surface area contributed by atoms with Gasteiger partial charge in [0.05, 0.1) is 16.9 Å². The highest BCUT2D eigenvalue weighted by molar-refractivity contribution is 9.10. The van der Waals surface area contributed by atoms with Gasteiger partial charge >= 0.3 is 0 Å². The van der Waals surface area contributed by atoms with Gasteiger partial charge in [-0.25, -0.2) is 13.4 Å². The maximum Gasteiger partial charge on any atom is 0.266 e. The molecule has 1 heterocycles. The van der Waals surface area contributed by atoms with Crippen LogP contribution in [0.15, 0.2) is 70.4 Å². The second kappa shape index (κ2) is 9.70. The molecule has 3 rings (SSSR count). The molecule has 0 unspecified atom stereocenters. The van der Waals surface area contributed by atoms with Crippen molar-refractivity contribution >= 4 is 43.6 Å². The van der Waals surface area contributed by atoms with Crippen LogP contribution in [0.1, 0.15) is 19.5 Å². The van der Waals surface area contributed by atoms with E-state index in [-0.39, 0.29) is 9.36 Å². The summed E-state index contributed by atoms with van der Waals surface area (Å²) in [7, 11) is -2.82. The van der Waals surface area contributed by atoms with Gasteiger partial charge in [-0.1, -0.05) is 34.2 Å². The van der Waals surface area contributed by atoms with E-state index in [1.54, 1.807) is 43.8 Å². The molecule has 0 aliphatic carbocycles. The highest BCUT2D eigenvalue weighted by atomic mass is 79.9. The Morgan fingerprint density at radius 3 is 2.12 bits per heavy atom. The Morgan fingerprint density at radius 2 is 1.68 bits per heavy atom. The first-order chi connectivity index (χ1) is 15.9. The zero-order chi connectivity index (χ0) is 25.3. The number of amides is 1. The van der Waals surface area contributed by atoms with Crippen LogP contribution in [0.3, 0.4) is 0 Å². The van der Waals surface area contributed by atoms with Gasteiger partial charge in [-0.05, 0) is 54.8 Å². The van der Waals surface area contributed by atoms with Crippen LogP contribution in [-0.4, -0.2) is 44.7 Å². The fourth-order valence-electron chi connectivity index (χ4n) is 3.57. The summed E-state index contributed by atoms with van der Waals surface area (Å²) >= 11 is 4.16. The summed E-state index contributed by atoms with van der Waals surface area (Å²) in [5.41, 5.74) is 4.81. The molecule has 3 N–H and O–H groups in total. The molecule has 0 fully saturated rings. The van der Waals surface area contributed by atoms with Crippen LogP contribution in [0.2, 0.25) is 0 Å². The Morgan fingerprint density at radius 1 is 1.15 bits per heavy atom. The number of thioether (sulfide) groups is 1. The summed E-state index contributed by atoms with van der Waals surface area (Å²) in [4.78, 5) is 14.7. The van der Waals surface area contributed by atoms with Gasteiger partial charge in [0, 0.05) is 23.1 Å². The van der Waals surface area contributed by atoms with Crippen LogP contribution in [0.25, 0.3) is 0 Å². The van der Waals surface area contributed by atoms with Crippen LogP contribution in [0.5, 0.6) is 11.5 Å². The zero-order valence-electron chi connectivity index (χ0n) is 19.0. The number of carbonyl (C=O) groups excluding carboxylic acids is 1.